The van der Waals surface area contributed by atoms with E-state index in [1.165, 1.54) is 30.3 Å². The van der Waals surface area contributed by atoms with Gasteiger partial charge in [0.25, 0.3) is 11.8 Å². The highest BCUT2D eigenvalue weighted by molar-refractivity contribution is 7.93. The Morgan fingerprint density at radius 1 is 0.709 bits per heavy atom. The summed E-state index contributed by atoms with van der Waals surface area (Å²) < 4.78 is 82.7. The van der Waals surface area contributed by atoms with Crippen LogP contribution in [-0.4, -0.2) is 139 Å². The fraction of sp³-hybridized carbons (Fsp3) is 0.386. The predicted octanol–water partition coefficient (Wildman–Crippen LogP) is 7.61. The number of esters is 2. The summed E-state index contributed by atoms with van der Waals surface area (Å²) in [6.45, 7) is 10.2. The van der Waals surface area contributed by atoms with Crippen molar-refractivity contribution < 1.29 is 64.5 Å². The van der Waals surface area contributed by atoms with Crippen LogP contribution in [0, 0.1) is 16.7 Å². The lowest BCUT2D eigenvalue weighted by Crippen LogP contribution is -2.44. The summed E-state index contributed by atoms with van der Waals surface area (Å²) >= 11 is 13.1. The van der Waals surface area contributed by atoms with Gasteiger partial charge in [-0.2, -0.15) is 5.26 Å². The molecular weight excluding hydrogens is 1240 g/mol. The maximum atomic E-state index is 13.4. The lowest BCUT2D eigenvalue weighted by Gasteiger charge is -2.34. The molecule has 0 aromatic heterocycles. The number of carbonyl (C=O) groups excluding carboxylic acids is 5. The number of benzene rings is 4. The molecule has 0 radical (unpaired) electrons. The van der Waals surface area contributed by atoms with Gasteiger partial charge in [-0.15, -0.1) is 24.8 Å². The topological polar surface area (TPSA) is 347 Å². The standard InChI is InChI=1S/C31H37ClN4O8S.C26H32ClN5O6S.2ClH/c1-5-42-27(37)20-45(40,41)36(13-7-10-21-8-6-9-22(16-21)19-33)23-17-25(29(34)38)28(26(32)18-23)43-24-11-14-35(15-12-24)30(39)44-31(2,3)4;1-2-37-23(33)16-39(35,36)32(12-4-6-17-5-3-7-18(13-17)25(28)29)19-14-21(26(30)34)24(22(27)15-19)38-20-8-10-31-11-9-20;;/h6-10,16-18,24H,5,11-15,20H2,1-4H3,(H2,34,38);3-7,13-15,20,31H,2,8-12,16H2,1H3,(H3,28,29)(H2,30,34);2*1H/b10-7+;6-4+;;. The first kappa shape index (κ1) is 72.9. The molecule has 2 aliphatic rings. The van der Waals surface area contributed by atoms with Crippen molar-refractivity contribution in [2.24, 2.45) is 17.2 Å². The number of nitrogens with one attached hydrogen (secondary N) is 2. The minimum atomic E-state index is -4.34. The predicted molar refractivity (Wildman–Crippen MR) is 335 cm³/mol. The summed E-state index contributed by atoms with van der Waals surface area (Å²) in [5.74, 6) is -5.56. The minimum absolute atomic E-state index is 0. The van der Waals surface area contributed by atoms with Crippen LogP contribution in [0.5, 0.6) is 11.5 Å². The van der Waals surface area contributed by atoms with Gasteiger partial charge in [-0.25, -0.2) is 21.6 Å². The molecule has 2 fully saturated rings. The molecule has 0 atom stereocenters. The Kier molecular flexibility index (Phi) is 28.5. The van der Waals surface area contributed by atoms with Crippen LogP contribution >= 0.6 is 48.0 Å². The number of nitrogen functional groups attached to an aromatic ring is 1. The van der Waals surface area contributed by atoms with Crippen LogP contribution < -0.4 is 40.6 Å². The monoisotopic (exact) mass is 1310 g/mol. The van der Waals surface area contributed by atoms with E-state index in [1.54, 1.807) is 106 Å². The van der Waals surface area contributed by atoms with Crippen molar-refractivity contribution in [1.82, 2.24) is 10.2 Å². The molecule has 6 rings (SSSR count). The van der Waals surface area contributed by atoms with E-state index < -0.39 is 73.1 Å². The number of nitriles is 1. The van der Waals surface area contributed by atoms with E-state index in [2.05, 4.69) is 5.32 Å². The SMILES string of the molecule is CCOC(=O)CS(=O)(=O)N(C/C=C/c1cccc(C#N)c1)c1cc(Cl)c(OC2CCN(C(=O)OC(C)(C)C)CC2)c(C(N)=O)c1.CCOC(=O)CS(=O)(=O)N(C/C=C/c1cccc(C(=N)N)c1)c1cc(Cl)c(OC2CCNCC2)c(C(N)=O)c1.Cl.Cl. The third-order valence-corrected chi connectivity index (χ3v) is 16.2. The second-order valence-corrected chi connectivity index (χ2v) is 24.6. The largest absolute Gasteiger partial charge is 0.488 e. The molecule has 4 aromatic rings. The molecule has 0 spiro atoms. The third kappa shape index (κ3) is 21.9. The molecular formula is C57H71Cl4N9O14S2. The van der Waals surface area contributed by atoms with Gasteiger partial charge in [-0.3, -0.25) is 33.2 Å². The third-order valence-electron chi connectivity index (χ3n) is 12.4. The van der Waals surface area contributed by atoms with E-state index in [4.69, 9.17) is 74.8 Å². The molecule has 468 valence electrons. The number of likely N-dealkylation sites (tertiary alicyclic amines) is 1. The van der Waals surface area contributed by atoms with E-state index in [0.29, 0.717) is 61.0 Å². The molecule has 29 heteroatoms. The van der Waals surface area contributed by atoms with E-state index in [-0.39, 0.29) is 107 Å². The Morgan fingerprint density at radius 3 is 1.57 bits per heavy atom. The second-order valence-electron chi connectivity index (χ2n) is 20.0. The summed E-state index contributed by atoms with van der Waals surface area (Å²) in [6.07, 6.45) is 7.55. The lowest BCUT2D eigenvalue weighted by molar-refractivity contribution is -0.140. The molecule has 8 N–H and O–H groups in total. The number of amidine groups is 1. The van der Waals surface area contributed by atoms with E-state index in [9.17, 15) is 40.8 Å². The second kappa shape index (κ2) is 33.6. The first-order chi connectivity index (χ1) is 39.6. The van der Waals surface area contributed by atoms with Crippen molar-refractivity contribution in [3.63, 3.8) is 0 Å². The summed E-state index contributed by atoms with van der Waals surface area (Å²) in [4.78, 5) is 63.2. The van der Waals surface area contributed by atoms with Crippen LogP contribution in [0.15, 0.2) is 84.9 Å². The van der Waals surface area contributed by atoms with Crippen LogP contribution in [-0.2, 0) is 43.8 Å². The normalized spacial score (nSPS) is 13.8. The smallest absolute Gasteiger partial charge is 0.410 e. The summed E-state index contributed by atoms with van der Waals surface area (Å²) in [5.41, 5.74) is 18.2. The van der Waals surface area contributed by atoms with Gasteiger partial charge in [0.2, 0.25) is 20.0 Å². The van der Waals surface area contributed by atoms with Crippen LogP contribution in [0.1, 0.15) is 103 Å². The fourth-order valence-electron chi connectivity index (χ4n) is 8.49. The van der Waals surface area contributed by atoms with Gasteiger partial charge < -0.3 is 51.1 Å². The molecule has 86 heavy (non-hydrogen) atoms. The number of piperidine rings is 2. The van der Waals surface area contributed by atoms with Crippen molar-refractivity contribution >= 4 is 127 Å². The van der Waals surface area contributed by atoms with E-state index >= 15 is 0 Å². The van der Waals surface area contributed by atoms with Gasteiger partial charge in [0.15, 0.2) is 23.0 Å². The molecule has 0 unspecified atom stereocenters. The Hall–Kier alpha value is -7.31. The van der Waals surface area contributed by atoms with Crippen molar-refractivity contribution in [2.75, 3.05) is 72.6 Å². The van der Waals surface area contributed by atoms with Crippen molar-refractivity contribution in [2.45, 2.75) is 78.1 Å². The van der Waals surface area contributed by atoms with Crippen LogP contribution in [0.4, 0.5) is 16.2 Å². The number of ether oxygens (including phenoxy) is 5. The highest BCUT2D eigenvalue weighted by Crippen LogP contribution is 2.38. The summed E-state index contributed by atoms with van der Waals surface area (Å²) in [7, 11) is -8.62. The van der Waals surface area contributed by atoms with Gasteiger partial charge in [0.05, 0.1) is 70.5 Å². The fourth-order valence-corrected chi connectivity index (χ4v) is 11.6. The number of sulfonamides is 2. The Morgan fingerprint density at radius 2 is 1.15 bits per heavy atom. The average Bonchev–Trinajstić information content (AvgIpc) is 1.15. The van der Waals surface area contributed by atoms with Gasteiger partial charge in [0, 0.05) is 31.5 Å². The molecule has 2 aliphatic heterocycles. The summed E-state index contributed by atoms with van der Waals surface area (Å²) in [6, 6.07) is 20.7. The lowest BCUT2D eigenvalue weighted by atomic mass is 10.1. The number of nitrogens with zero attached hydrogens (tertiary/aromatic N) is 4. The first-order valence-corrected chi connectivity index (χ1v) is 30.5. The molecule has 3 amide bonds. The Labute approximate surface area is 523 Å². The van der Waals surface area contributed by atoms with Gasteiger partial charge >= 0.3 is 18.0 Å². The number of nitrogens with two attached hydrogens (primary N) is 3. The van der Waals surface area contributed by atoms with Crippen molar-refractivity contribution in [3.8, 4) is 17.6 Å². The number of primary amides is 2. The van der Waals surface area contributed by atoms with Crippen molar-refractivity contribution in [3.05, 3.63) is 128 Å². The van der Waals surface area contributed by atoms with Crippen molar-refractivity contribution in [1.29, 1.82) is 10.7 Å². The first-order valence-electron chi connectivity index (χ1n) is 26.5. The molecule has 4 aromatic carbocycles. The molecule has 0 aliphatic carbocycles. The average molecular weight is 1310 g/mol. The minimum Gasteiger partial charge on any atom is -0.488 e. The maximum Gasteiger partial charge on any atom is 0.410 e. The van der Waals surface area contributed by atoms with Crippen LogP contribution in [0.2, 0.25) is 10.0 Å². The van der Waals surface area contributed by atoms with Crippen LogP contribution in [0.25, 0.3) is 12.2 Å². The zero-order chi connectivity index (χ0) is 61.9. The highest BCUT2D eigenvalue weighted by Gasteiger charge is 2.33. The number of hydrogen-bond acceptors (Lipinski definition) is 17. The van der Waals surface area contributed by atoms with Gasteiger partial charge in [-0.1, -0.05) is 77.8 Å². The molecule has 0 saturated carbocycles. The highest BCUT2D eigenvalue weighted by atomic mass is 35.5. The van der Waals surface area contributed by atoms with Gasteiger partial charge in [0.1, 0.15) is 23.6 Å². The number of carbonyl (C=O) groups is 5. The number of halogens is 4. The van der Waals surface area contributed by atoms with Gasteiger partial charge in [-0.05, 0) is 114 Å². The number of anilines is 2. The Bertz CT molecular complexity index is 3400. The maximum absolute atomic E-state index is 13.4. The molecule has 2 heterocycles. The van der Waals surface area contributed by atoms with Crippen LogP contribution in [0.3, 0.4) is 0 Å². The quantitative estimate of drug-likeness (QED) is 0.0206. The molecule has 0 bridgehead atoms. The zero-order valence-electron chi connectivity index (χ0n) is 47.9. The summed E-state index contributed by atoms with van der Waals surface area (Å²) in [5, 5.41) is 19.9. The van der Waals surface area contributed by atoms with E-state index in [1.807, 2.05) is 6.07 Å². The number of amides is 3. The molecule has 23 nitrogen and oxygen atoms in total. The number of rotatable bonds is 23. The number of hydrogen-bond donors (Lipinski definition) is 5. The zero-order valence-corrected chi connectivity index (χ0v) is 52.7. The Balaban J connectivity index is 0.000000444. The molecule has 2 saturated heterocycles. The van der Waals surface area contributed by atoms with E-state index in [0.717, 1.165) is 21.7 Å².